The smallest absolute Gasteiger partial charge is 0.328 e. The molecule has 1 atom stereocenters. The van der Waals surface area contributed by atoms with Gasteiger partial charge in [-0.25, -0.2) is 4.79 Å². The lowest BCUT2D eigenvalue weighted by Gasteiger charge is -2.18. The Morgan fingerprint density at radius 1 is 1.10 bits per heavy atom. The lowest BCUT2D eigenvalue weighted by molar-refractivity contribution is -0.141. The molecule has 0 heterocycles. The van der Waals surface area contributed by atoms with Crippen LogP contribution in [-0.4, -0.2) is 19.1 Å². The Labute approximate surface area is 119 Å². The zero-order valence-electron chi connectivity index (χ0n) is 11.8. The van der Waals surface area contributed by atoms with E-state index in [-0.39, 0.29) is 12.0 Å². The van der Waals surface area contributed by atoms with E-state index in [0.29, 0.717) is 6.42 Å². The average molecular weight is 269 g/mol. The molecule has 0 aromatic heterocycles. The highest BCUT2D eigenvalue weighted by Crippen LogP contribution is 2.13. The van der Waals surface area contributed by atoms with Crippen molar-refractivity contribution in [2.45, 2.75) is 19.4 Å². The number of benzene rings is 2. The van der Waals surface area contributed by atoms with E-state index in [1.165, 1.54) is 12.7 Å². The molecule has 20 heavy (non-hydrogen) atoms. The summed E-state index contributed by atoms with van der Waals surface area (Å²) in [4.78, 5) is 11.9. The van der Waals surface area contributed by atoms with Gasteiger partial charge in [0.15, 0.2) is 0 Å². The van der Waals surface area contributed by atoms with Gasteiger partial charge in [0, 0.05) is 12.1 Å². The van der Waals surface area contributed by atoms with Gasteiger partial charge in [-0.3, -0.25) is 0 Å². The molecule has 0 radical (unpaired) electrons. The summed E-state index contributed by atoms with van der Waals surface area (Å²) < 4.78 is 4.88. The van der Waals surface area contributed by atoms with E-state index in [1.807, 2.05) is 61.5 Å². The third-order valence-corrected chi connectivity index (χ3v) is 3.16. The zero-order valence-corrected chi connectivity index (χ0v) is 11.8. The van der Waals surface area contributed by atoms with Crippen molar-refractivity contribution in [1.82, 2.24) is 0 Å². The zero-order chi connectivity index (χ0) is 14.4. The number of hydrogen-bond acceptors (Lipinski definition) is 3. The number of hydrogen-bond donors (Lipinski definition) is 1. The third kappa shape index (κ3) is 3.85. The van der Waals surface area contributed by atoms with Crippen LogP contribution in [0.5, 0.6) is 0 Å². The van der Waals surface area contributed by atoms with Crippen LogP contribution in [-0.2, 0) is 16.0 Å². The summed E-state index contributed by atoms with van der Waals surface area (Å²) in [6.07, 6.45) is 0.599. The maximum absolute atomic E-state index is 11.9. The molecule has 0 bridgehead atoms. The van der Waals surface area contributed by atoms with Gasteiger partial charge in [-0.2, -0.15) is 0 Å². The first-order chi connectivity index (χ1) is 9.69. The Bertz CT molecular complexity index is 549. The third-order valence-electron chi connectivity index (χ3n) is 3.16. The van der Waals surface area contributed by atoms with Crippen LogP contribution in [0.25, 0.3) is 0 Å². The van der Waals surface area contributed by atoms with Gasteiger partial charge in [0.1, 0.15) is 6.04 Å². The molecule has 3 nitrogen and oxygen atoms in total. The number of carbonyl (C=O) groups excluding carboxylic acids is 1. The molecule has 0 saturated heterocycles. The SMILES string of the molecule is COC(=O)C(Cc1ccccc1)Nc1ccc(C)cc1. The van der Waals surface area contributed by atoms with Crippen molar-refractivity contribution < 1.29 is 9.53 Å². The van der Waals surface area contributed by atoms with Crippen LogP contribution in [0, 0.1) is 6.92 Å². The second-order valence-corrected chi connectivity index (χ2v) is 4.78. The fourth-order valence-electron chi connectivity index (χ4n) is 2.04. The number of esters is 1. The summed E-state index contributed by atoms with van der Waals surface area (Å²) in [5.41, 5.74) is 3.21. The van der Waals surface area contributed by atoms with Crippen LogP contribution in [0.1, 0.15) is 11.1 Å². The second kappa shape index (κ2) is 6.75. The van der Waals surface area contributed by atoms with Crippen LogP contribution in [0.3, 0.4) is 0 Å². The van der Waals surface area contributed by atoms with E-state index in [0.717, 1.165) is 11.3 Å². The monoisotopic (exact) mass is 269 g/mol. The summed E-state index contributed by atoms with van der Waals surface area (Å²) in [5, 5.41) is 3.23. The van der Waals surface area contributed by atoms with Crippen LogP contribution >= 0.6 is 0 Å². The Hall–Kier alpha value is -2.29. The van der Waals surface area contributed by atoms with Crippen molar-refractivity contribution >= 4 is 11.7 Å². The number of nitrogens with one attached hydrogen (secondary N) is 1. The molecule has 0 aliphatic rings. The van der Waals surface area contributed by atoms with Gasteiger partial charge < -0.3 is 10.1 Å². The fourth-order valence-corrected chi connectivity index (χ4v) is 2.04. The lowest BCUT2D eigenvalue weighted by Crippen LogP contribution is -2.32. The van der Waals surface area contributed by atoms with Crippen LogP contribution in [0.4, 0.5) is 5.69 Å². The van der Waals surface area contributed by atoms with E-state index >= 15 is 0 Å². The van der Waals surface area contributed by atoms with Crippen molar-refractivity contribution in [3.05, 3.63) is 65.7 Å². The summed E-state index contributed by atoms with van der Waals surface area (Å²) in [5.74, 6) is -0.255. The standard InChI is InChI=1S/C17H19NO2/c1-13-8-10-15(11-9-13)18-16(17(19)20-2)12-14-6-4-3-5-7-14/h3-11,16,18H,12H2,1-2H3. The van der Waals surface area contributed by atoms with E-state index in [4.69, 9.17) is 4.74 Å². The van der Waals surface area contributed by atoms with E-state index in [1.54, 1.807) is 0 Å². The summed E-state index contributed by atoms with van der Waals surface area (Å²) >= 11 is 0. The van der Waals surface area contributed by atoms with Crippen molar-refractivity contribution in [2.75, 3.05) is 12.4 Å². The van der Waals surface area contributed by atoms with E-state index in [9.17, 15) is 4.79 Å². The van der Waals surface area contributed by atoms with Crippen LogP contribution in [0.15, 0.2) is 54.6 Å². The number of anilines is 1. The minimum atomic E-state index is -0.384. The predicted octanol–water partition coefficient (Wildman–Crippen LogP) is 3.19. The maximum atomic E-state index is 11.9. The average Bonchev–Trinajstić information content (AvgIpc) is 2.49. The highest BCUT2D eigenvalue weighted by Gasteiger charge is 2.19. The highest BCUT2D eigenvalue weighted by molar-refractivity contribution is 5.79. The molecule has 0 amide bonds. The Kier molecular flexibility index (Phi) is 4.77. The number of methoxy groups -OCH3 is 1. The number of ether oxygens (including phenoxy) is 1. The Morgan fingerprint density at radius 3 is 2.35 bits per heavy atom. The first-order valence-electron chi connectivity index (χ1n) is 6.64. The molecule has 0 saturated carbocycles. The molecule has 0 fully saturated rings. The predicted molar refractivity (Wildman–Crippen MR) is 80.8 cm³/mol. The molecule has 0 aliphatic carbocycles. The Balaban J connectivity index is 2.11. The van der Waals surface area contributed by atoms with Crippen molar-refractivity contribution in [3.8, 4) is 0 Å². The molecule has 2 aromatic carbocycles. The molecule has 2 rings (SSSR count). The second-order valence-electron chi connectivity index (χ2n) is 4.78. The minimum Gasteiger partial charge on any atom is -0.467 e. The quantitative estimate of drug-likeness (QED) is 0.847. The Morgan fingerprint density at radius 2 is 1.75 bits per heavy atom. The van der Waals surface area contributed by atoms with Crippen molar-refractivity contribution in [1.29, 1.82) is 0 Å². The number of carbonyl (C=O) groups is 1. The molecule has 1 unspecified atom stereocenters. The first-order valence-corrected chi connectivity index (χ1v) is 6.64. The van der Waals surface area contributed by atoms with Gasteiger partial charge in [-0.15, -0.1) is 0 Å². The molecular weight excluding hydrogens is 250 g/mol. The largest absolute Gasteiger partial charge is 0.467 e. The normalized spacial score (nSPS) is 11.7. The van der Waals surface area contributed by atoms with E-state index in [2.05, 4.69) is 5.32 Å². The topological polar surface area (TPSA) is 38.3 Å². The molecule has 104 valence electrons. The summed E-state index contributed by atoms with van der Waals surface area (Å²) in [6.45, 7) is 2.03. The van der Waals surface area contributed by atoms with Crippen molar-refractivity contribution in [2.24, 2.45) is 0 Å². The molecule has 2 aromatic rings. The highest BCUT2D eigenvalue weighted by atomic mass is 16.5. The van der Waals surface area contributed by atoms with Crippen molar-refractivity contribution in [3.63, 3.8) is 0 Å². The van der Waals surface area contributed by atoms with Gasteiger partial charge in [0.05, 0.1) is 7.11 Å². The first kappa shape index (κ1) is 14.1. The molecule has 0 aliphatic heterocycles. The molecular formula is C17H19NO2. The lowest BCUT2D eigenvalue weighted by atomic mass is 10.1. The summed E-state index contributed by atoms with van der Waals surface area (Å²) in [7, 11) is 1.41. The number of rotatable bonds is 5. The van der Waals surface area contributed by atoms with Crippen LogP contribution < -0.4 is 5.32 Å². The van der Waals surface area contributed by atoms with Gasteiger partial charge in [-0.05, 0) is 24.6 Å². The van der Waals surface area contributed by atoms with Gasteiger partial charge in [0.2, 0.25) is 0 Å². The van der Waals surface area contributed by atoms with Gasteiger partial charge >= 0.3 is 5.97 Å². The molecule has 3 heteroatoms. The maximum Gasteiger partial charge on any atom is 0.328 e. The number of aryl methyl sites for hydroxylation is 1. The van der Waals surface area contributed by atoms with E-state index < -0.39 is 0 Å². The minimum absolute atomic E-state index is 0.255. The fraction of sp³-hybridized carbons (Fsp3) is 0.235. The van der Waals surface area contributed by atoms with Gasteiger partial charge in [-0.1, -0.05) is 48.0 Å². The molecule has 1 N–H and O–H groups in total. The summed E-state index contributed by atoms with van der Waals surface area (Å²) in [6, 6.07) is 17.5. The van der Waals surface area contributed by atoms with Gasteiger partial charge in [0.25, 0.3) is 0 Å². The van der Waals surface area contributed by atoms with Crippen LogP contribution in [0.2, 0.25) is 0 Å². The molecule has 0 spiro atoms.